The zero-order valence-corrected chi connectivity index (χ0v) is 9.86. The average molecular weight is 218 g/mol. The van der Waals surface area contributed by atoms with Gasteiger partial charge in [0, 0.05) is 11.5 Å². The summed E-state index contributed by atoms with van der Waals surface area (Å²) < 4.78 is 5.95. The number of ether oxygens (including phenoxy) is 1. The van der Waals surface area contributed by atoms with Gasteiger partial charge in [-0.3, -0.25) is 0 Å². The van der Waals surface area contributed by atoms with E-state index in [1.54, 1.807) is 0 Å². The Morgan fingerprint density at radius 1 is 1.25 bits per heavy atom. The maximum atomic E-state index is 10.2. The van der Waals surface area contributed by atoms with Crippen molar-refractivity contribution in [1.82, 2.24) is 0 Å². The minimum Gasteiger partial charge on any atom is -0.487 e. The number of aliphatic hydroxyl groups excluding tert-OH is 1. The molecule has 1 N–H and O–H groups in total. The van der Waals surface area contributed by atoms with Crippen molar-refractivity contribution in [1.29, 1.82) is 0 Å². The maximum absolute atomic E-state index is 10.2. The van der Waals surface area contributed by atoms with Gasteiger partial charge in [-0.25, -0.2) is 0 Å². The summed E-state index contributed by atoms with van der Waals surface area (Å²) in [6, 6.07) is 4.34. The van der Waals surface area contributed by atoms with Crippen LogP contribution in [0.4, 0.5) is 0 Å². The zero-order chi connectivity index (χ0) is 11.3. The van der Waals surface area contributed by atoms with Crippen LogP contribution < -0.4 is 4.74 Å². The molecular formula is C14H18O2. The van der Waals surface area contributed by atoms with Crippen LogP contribution in [0.5, 0.6) is 5.75 Å². The third-order valence-corrected chi connectivity index (χ3v) is 3.91. The molecule has 2 aliphatic rings. The molecule has 1 heterocycles. The van der Waals surface area contributed by atoms with Crippen molar-refractivity contribution in [3.63, 3.8) is 0 Å². The molecule has 2 bridgehead atoms. The Bertz CT molecular complexity index is 425. The Balaban J connectivity index is 2.14. The first-order valence-corrected chi connectivity index (χ1v) is 6.12. The van der Waals surface area contributed by atoms with Crippen LogP contribution in [0.15, 0.2) is 12.1 Å². The number of fused-ring (bicyclic) bond motifs is 4. The summed E-state index contributed by atoms with van der Waals surface area (Å²) in [5.74, 6) is 1.33. The summed E-state index contributed by atoms with van der Waals surface area (Å²) in [6.07, 6.45) is 2.97. The highest BCUT2D eigenvalue weighted by Crippen LogP contribution is 2.45. The van der Waals surface area contributed by atoms with Gasteiger partial charge in [0.2, 0.25) is 0 Å². The number of rotatable bonds is 0. The van der Waals surface area contributed by atoms with Gasteiger partial charge in [-0.05, 0) is 38.7 Å². The lowest BCUT2D eigenvalue weighted by Crippen LogP contribution is -2.43. The predicted molar refractivity (Wildman–Crippen MR) is 62.9 cm³/mol. The molecule has 1 aromatic rings. The first-order valence-electron chi connectivity index (χ1n) is 6.12. The predicted octanol–water partition coefficient (Wildman–Crippen LogP) is 2.69. The zero-order valence-electron chi connectivity index (χ0n) is 9.86. The summed E-state index contributed by atoms with van der Waals surface area (Å²) in [6.45, 7) is 4.20. The second-order valence-electron chi connectivity index (χ2n) is 5.18. The highest BCUT2D eigenvalue weighted by atomic mass is 16.5. The van der Waals surface area contributed by atoms with Gasteiger partial charge in [-0.2, -0.15) is 0 Å². The van der Waals surface area contributed by atoms with Crippen molar-refractivity contribution in [3.8, 4) is 5.75 Å². The highest BCUT2D eigenvalue weighted by Gasteiger charge is 2.40. The van der Waals surface area contributed by atoms with Crippen LogP contribution >= 0.6 is 0 Å². The minimum absolute atomic E-state index is 0.0210. The van der Waals surface area contributed by atoms with Gasteiger partial charge in [-0.15, -0.1) is 0 Å². The molecule has 2 heteroatoms. The van der Waals surface area contributed by atoms with Crippen LogP contribution in [-0.2, 0) is 0 Å². The number of hydrogen-bond donors (Lipinski definition) is 1. The van der Waals surface area contributed by atoms with Gasteiger partial charge in [0.1, 0.15) is 11.9 Å². The number of hydrogen-bond acceptors (Lipinski definition) is 2. The van der Waals surface area contributed by atoms with E-state index in [1.165, 1.54) is 23.1 Å². The first-order chi connectivity index (χ1) is 7.66. The van der Waals surface area contributed by atoms with Gasteiger partial charge in [0.15, 0.2) is 0 Å². The van der Waals surface area contributed by atoms with E-state index in [0.29, 0.717) is 5.92 Å². The molecule has 1 saturated carbocycles. The number of aliphatic hydroxyl groups is 1. The summed E-state index contributed by atoms with van der Waals surface area (Å²) in [5, 5.41) is 10.2. The summed E-state index contributed by atoms with van der Waals surface area (Å²) >= 11 is 0. The fraction of sp³-hybridized carbons (Fsp3) is 0.571. The fourth-order valence-corrected chi connectivity index (χ4v) is 3.18. The molecule has 16 heavy (non-hydrogen) atoms. The molecule has 2 nitrogen and oxygen atoms in total. The van der Waals surface area contributed by atoms with Crippen LogP contribution in [0.1, 0.15) is 41.9 Å². The van der Waals surface area contributed by atoms with Gasteiger partial charge in [-0.1, -0.05) is 17.7 Å². The first kappa shape index (κ1) is 10.2. The van der Waals surface area contributed by atoms with Crippen molar-refractivity contribution in [3.05, 3.63) is 28.8 Å². The van der Waals surface area contributed by atoms with E-state index < -0.39 is 0 Å². The Labute approximate surface area is 96.2 Å². The van der Waals surface area contributed by atoms with E-state index >= 15 is 0 Å². The molecule has 1 aromatic carbocycles. The lowest BCUT2D eigenvalue weighted by molar-refractivity contribution is -0.0251. The van der Waals surface area contributed by atoms with Gasteiger partial charge in [0.05, 0.1) is 6.10 Å². The maximum Gasteiger partial charge on any atom is 0.126 e. The molecule has 0 radical (unpaired) electrons. The van der Waals surface area contributed by atoms with Crippen molar-refractivity contribution in [2.24, 2.45) is 0 Å². The van der Waals surface area contributed by atoms with Crippen molar-refractivity contribution in [2.45, 2.75) is 51.2 Å². The van der Waals surface area contributed by atoms with Gasteiger partial charge < -0.3 is 9.84 Å². The quantitative estimate of drug-likeness (QED) is 0.725. The second-order valence-corrected chi connectivity index (χ2v) is 5.18. The van der Waals surface area contributed by atoms with E-state index in [-0.39, 0.29) is 12.2 Å². The lowest BCUT2D eigenvalue weighted by atomic mass is 9.77. The molecule has 1 aliphatic carbocycles. The van der Waals surface area contributed by atoms with E-state index in [1.807, 2.05) is 0 Å². The lowest BCUT2D eigenvalue weighted by Gasteiger charge is -2.41. The monoisotopic (exact) mass is 218 g/mol. The SMILES string of the molecule is Cc1cc(C)c2c(c1)[C@H]1CCC[C@@H](O2)[C@@H]1O. The van der Waals surface area contributed by atoms with E-state index in [9.17, 15) is 5.11 Å². The minimum atomic E-state index is -0.303. The molecule has 3 rings (SSSR count). The van der Waals surface area contributed by atoms with E-state index in [0.717, 1.165) is 18.6 Å². The largest absolute Gasteiger partial charge is 0.487 e. The van der Waals surface area contributed by atoms with Crippen molar-refractivity contribution < 1.29 is 9.84 Å². The van der Waals surface area contributed by atoms with Crippen LogP contribution in [0, 0.1) is 13.8 Å². The Hall–Kier alpha value is -1.02. The average Bonchev–Trinajstić information content (AvgIpc) is 2.20. The van der Waals surface area contributed by atoms with Crippen molar-refractivity contribution >= 4 is 0 Å². The third kappa shape index (κ3) is 1.36. The normalized spacial score (nSPS) is 31.8. The summed E-state index contributed by atoms with van der Waals surface area (Å²) in [4.78, 5) is 0. The van der Waals surface area contributed by atoms with Crippen molar-refractivity contribution in [2.75, 3.05) is 0 Å². The Kier molecular flexibility index (Phi) is 2.21. The molecule has 3 atom stereocenters. The number of benzene rings is 1. The second kappa shape index (κ2) is 3.49. The highest BCUT2D eigenvalue weighted by molar-refractivity contribution is 5.48. The summed E-state index contributed by atoms with van der Waals surface area (Å²) in [5.41, 5.74) is 3.69. The summed E-state index contributed by atoms with van der Waals surface area (Å²) in [7, 11) is 0. The molecule has 1 aliphatic heterocycles. The molecule has 0 saturated heterocycles. The van der Waals surface area contributed by atoms with E-state index in [2.05, 4.69) is 26.0 Å². The Morgan fingerprint density at radius 2 is 2.06 bits per heavy atom. The molecule has 86 valence electrons. The van der Waals surface area contributed by atoms with Gasteiger partial charge >= 0.3 is 0 Å². The molecule has 1 fully saturated rings. The standard InChI is InChI=1S/C14H18O2/c1-8-6-9(2)14-11(7-8)10-4-3-5-12(16-14)13(10)15/h6-7,10,12-13,15H,3-5H2,1-2H3/t10-,12-,13-/m1/s1. The molecule has 0 amide bonds. The van der Waals surface area contributed by atoms with Crippen LogP contribution in [0.25, 0.3) is 0 Å². The topological polar surface area (TPSA) is 29.5 Å². The van der Waals surface area contributed by atoms with Crippen LogP contribution in [0.3, 0.4) is 0 Å². The smallest absolute Gasteiger partial charge is 0.126 e. The molecular weight excluding hydrogens is 200 g/mol. The number of aryl methyl sites for hydroxylation is 2. The molecule has 0 spiro atoms. The van der Waals surface area contributed by atoms with Crippen LogP contribution in [0.2, 0.25) is 0 Å². The molecule has 0 unspecified atom stereocenters. The third-order valence-electron chi connectivity index (χ3n) is 3.91. The fourth-order valence-electron chi connectivity index (χ4n) is 3.18. The van der Waals surface area contributed by atoms with Gasteiger partial charge in [0.25, 0.3) is 0 Å². The Morgan fingerprint density at radius 3 is 2.88 bits per heavy atom. The van der Waals surface area contributed by atoms with E-state index in [4.69, 9.17) is 4.74 Å². The molecule has 0 aromatic heterocycles. The van der Waals surface area contributed by atoms with Crippen LogP contribution in [-0.4, -0.2) is 17.3 Å².